The van der Waals surface area contributed by atoms with E-state index in [0.29, 0.717) is 49.9 Å². The number of nitrogens with one attached hydrogen (secondary N) is 2. The SMILES string of the molecule is CC(C)NCCN(CCN1C(=O)C2C3OC(C(CO[C@@H]4OC(CO)[C@H](O)[C@H](O)C4O)C3CO[C@H]3O[C@@H](C)[C@@H](O)C(O)C3O)C2C1=O)CCN1C(=O)C2C3OC(C(CO[C@@H]4OC(CO)[C@H](O)[C@H](O)C4O)C3CO[C@H]3O[C@@H](C)[C@@H](O)C(O)C3O)C2C1=O.CC(C)NCCN(CCN1C(=O)C=CC1=O)CCN1C(=O)C=CC1=O.C[C@@H]1O[C@H](OCc2cocc2CO[C@@H]2OC(CO)[C@H](O)[C@H](O)C2O)C(O)C(O)[C@@H]1O. The van der Waals surface area contributed by atoms with Crippen molar-refractivity contribution in [3.05, 3.63) is 48.0 Å². The van der Waals surface area contributed by atoms with Crippen LogP contribution in [0.5, 0.6) is 0 Å². The minimum absolute atomic E-state index is 0.0557. The van der Waals surface area contributed by atoms with E-state index in [1.165, 1.54) is 67.4 Å². The number of carbonyl (C=O) groups is 8. The van der Waals surface area contributed by atoms with Crippen LogP contribution in [-0.4, -0.2) is 529 Å². The van der Waals surface area contributed by atoms with Crippen molar-refractivity contribution in [1.82, 2.24) is 40.0 Å². The first-order chi connectivity index (χ1) is 66.5. The summed E-state index contributed by atoms with van der Waals surface area (Å²) in [4.78, 5) is 113. The number of aliphatic hydroxyl groups excluding tert-OH is 21. The van der Waals surface area contributed by atoms with Crippen LogP contribution in [0.4, 0.5) is 0 Å². The molecule has 0 saturated carbocycles. The molecule has 0 radical (unpaired) electrons. The molecular weight excluding hydrogens is 1870 g/mol. The summed E-state index contributed by atoms with van der Waals surface area (Å²) >= 11 is 0. The lowest BCUT2D eigenvalue weighted by atomic mass is 9.69. The van der Waals surface area contributed by atoms with Gasteiger partial charge >= 0.3 is 0 Å². The molecule has 140 heavy (non-hydrogen) atoms. The number of hydrogen-bond donors (Lipinski definition) is 23. The number of carbonyl (C=O) groups excluding carboxylic acids is 8. The topological polar surface area (TPSA) is 747 Å². The van der Waals surface area contributed by atoms with Crippen LogP contribution in [0.25, 0.3) is 0 Å². The molecule has 52 nitrogen and oxygen atoms in total. The Morgan fingerprint density at radius 3 is 0.800 bits per heavy atom. The van der Waals surface area contributed by atoms with Crippen LogP contribution in [0, 0.1) is 47.3 Å². The van der Waals surface area contributed by atoms with Gasteiger partial charge in [-0.1, -0.05) is 27.7 Å². The van der Waals surface area contributed by atoms with Crippen LogP contribution < -0.4 is 10.6 Å². The number of aliphatic hydroxyl groups is 21. The molecule has 23 N–H and O–H groups in total. The number of rotatable bonds is 41. The van der Waals surface area contributed by atoms with E-state index in [9.17, 15) is 146 Å². The number of furan rings is 1. The maximum Gasteiger partial charge on any atom is 0.253 e. The Hall–Kier alpha value is -6.24. The molecule has 52 heteroatoms. The zero-order chi connectivity index (χ0) is 102. The molecule has 15 rings (SSSR count). The lowest BCUT2D eigenvalue weighted by Gasteiger charge is -2.41. The van der Waals surface area contributed by atoms with E-state index in [0.717, 1.165) is 16.3 Å². The van der Waals surface area contributed by atoms with Crippen molar-refractivity contribution in [1.29, 1.82) is 0 Å². The van der Waals surface area contributed by atoms with Crippen molar-refractivity contribution < 1.29 is 216 Å². The highest BCUT2D eigenvalue weighted by Crippen LogP contribution is 2.57. The van der Waals surface area contributed by atoms with Crippen LogP contribution in [0.2, 0.25) is 0 Å². The summed E-state index contributed by atoms with van der Waals surface area (Å²) in [7, 11) is 0. The third-order valence-electron chi connectivity index (χ3n) is 28.6. The fourth-order valence-electron chi connectivity index (χ4n) is 20.2. The van der Waals surface area contributed by atoms with E-state index in [2.05, 4.69) is 10.6 Å². The molecule has 24 unspecified atom stereocenters. The summed E-state index contributed by atoms with van der Waals surface area (Å²) in [6.07, 6.45) is -39.5. The molecule has 4 bridgehead atoms. The number of hydrogen-bond acceptors (Lipinski definition) is 48. The summed E-state index contributed by atoms with van der Waals surface area (Å²) in [5.74, 6) is -10.6. The van der Waals surface area contributed by atoms with Crippen LogP contribution in [0.3, 0.4) is 0 Å². The van der Waals surface area contributed by atoms with Crippen LogP contribution in [0.15, 0.2) is 41.2 Å². The zero-order valence-corrected chi connectivity index (χ0v) is 78.2. The summed E-state index contributed by atoms with van der Waals surface area (Å²) < 4.78 is 86.0. The lowest BCUT2D eigenvalue weighted by Crippen LogP contribution is -2.59. The largest absolute Gasteiger partial charge is 0.472 e. The summed E-state index contributed by atoms with van der Waals surface area (Å²) in [5, 5.41) is 221. The van der Waals surface area contributed by atoms with E-state index in [-0.39, 0.29) is 109 Å². The fourth-order valence-corrected chi connectivity index (χ4v) is 20.2. The zero-order valence-electron chi connectivity index (χ0n) is 78.2. The molecule has 1 aromatic rings. The molecule has 42 atom stereocenters. The average molecular weight is 2010 g/mol. The highest BCUT2D eigenvalue weighted by molar-refractivity contribution is 6.13. The van der Waals surface area contributed by atoms with Gasteiger partial charge in [0.1, 0.15) is 128 Å². The Labute approximate surface area is 803 Å². The standard InChI is InChI=1S/C53H84N4O28.C18H28O12.C17H24N4O4/c1-17(2)54-5-6-55(7-9-56-46(72)26-28(48(56)74)44-22(15-78-52-40(70)36(66)32(62)24(11-58)82-52)20(42(26)84-44)13-76-50-38(68)34(64)30(60)18(3)80-50)8-10-57-47(73)27-29(49(57)75)45-23(16-79-53-41(71)37(67)33(63)25(12-59)83-53)21(43(27)85-45)14-77-51-39(69)35(65)31(61)19(4)81-51;1-7-11(20)13(22)15(24)17(29-7)27-5-8-3-26-4-9(8)6-28-18-16(25)14(23)12(21)10(2-19)30-18;1-13(2)18-7-8-19(9-11-20-14(22)3-4-15(20)23)10-12-21-16(24)5-6-17(21)25/h17-45,50-54,58-71H,5-16H2,1-4H3;3-4,7,10-25H,2,5-6H2,1H3;3-6,13,18H,7-12H2,1-2H3/t18-,19-,20?,21?,22?,23?,24?,25?,26?,27?,28?,29?,30+,31+,32-,33-,34?,35?,36-,37-,38?,39?,40?,41?,42?,43?,44?,45?,50-,51-,52+,53+;7-,10?,11+,12-,13?,14-,15?,16?,17-,18+;/m00./s1. The molecule has 0 spiro atoms. The fraction of sp³-hybridized carbons (Fsp3) is 0.818. The van der Waals surface area contributed by atoms with Crippen molar-refractivity contribution in [3.63, 3.8) is 0 Å². The van der Waals surface area contributed by atoms with E-state index in [4.69, 9.17) is 70.7 Å². The Morgan fingerprint density at radius 1 is 0.307 bits per heavy atom. The highest BCUT2D eigenvalue weighted by Gasteiger charge is 2.71. The van der Waals surface area contributed by atoms with E-state index in [1.54, 1.807) is 0 Å². The Balaban J connectivity index is 0.000000242. The first-order valence-electron chi connectivity index (χ1n) is 47.3. The van der Waals surface area contributed by atoms with Gasteiger partial charge in [-0.25, -0.2) is 0 Å². The number of likely N-dealkylation sites (tertiary alicyclic amines) is 2. The molecule has 15 heterocycles. The van der Waals surface area contributed by atoms with Crippen LogP contribution in [0.1, 0.15) is 59.6 Å². The lowest BCUT2D eigenvalue weighted by molar-refractivity contribution is -0.306. The molecule has 792 valence electrons. The van der Waals surface area contributed by atoms with Crippen LogP contribution >= 0.6 is 0 Å². The Morgan fingerprint density at radius 2 is 0.543 bits per heavy atom. The predicted molar refractivity (Wildman–Crippen MR) is 460 cm³/mol. The van der Waals surface area contributed by atoms with E-state index >= 15 is 0 Å². The maximum absolute atomic E-state index is 14.6. The molecule has 12 fully saturated rings. The second-order valence-corrected chi connectivity index (χ2v) is 38.3. The number of imide groups is 4. The molecule has 0 aliphatic carbocycles. The summed E-state index contributed by atoms with van der Waals surface area (Å²) in [6, 6.07) is 0.402. The molecular formula is C88H136N8O44. The minimum Gasteiger partial charge on any atom is -0.472 e. The first kappa shape index (κ1) is 111. The summed E-state index contributed by atoms with van der Waals surface area (Å²) in [6.45, 7) is 12.6. The highest BCUT2D eigenvalue weighted by atomic mass is 16.7. The second kappa shape index (κ2) is 48.6. The summed E-state index contributed by atoms with van der Waals surface area (Å²) in [5.41, 5.74) is 1.02. The molecule has 14 aliphatic heterocycles. The van der Waals surface area contributed by atoms with Crippen molar-refractivity contribution in [3.8, 4) is 0 Å². The first-order valence-corrected chi connectivity index (χ1v) is 47.3. The number of ether oxygens (including phenoxy) is 14. The Bertz CT molecular complexity index is 4120. The van der Waals surface area contributed by atoms with Gasteiger partial charge in [0, 0.05) is 150 Å². The molecule has 8 amide bonds. The average Bonchev–Trinajstić information content (AvgIpc) is 1.55. The quantitative estimate of drug-likeness (QED) is 0.0271. The second-order valence-electron chi connectivity index (χ2n) is 38.3. The third kappa shape index (κ3) is 24.1. The van der Waals surface area contributed by atoms with Gasteiger partial charge in [0.15, 0.2) is 37.7 Å². The molecule has 12 saturated heterocycles. The molecule has 0 aromatic carbocycles. The predicted octanol–water partition coefficient (Wildman–Crippen LogP) is -14.1. The van der Waals surface area contributed by atoms with Gasteiger partial charge in [0.2, 0.25) is 23.6 Å². The minimum atomic E-state index is -1.77. The van der Waals surface area contributed by atoms with Gasteiger partial charge < -0.3 is 189 Å². The van der Waals surface area contributed by atoms with Gasteiger partial charge in [0.25, 0.3) is 23.6 Å². The van der Waals surface area contributed by atoms with Gasteiger partial charge in [-0.2, -0.15) is 0 Å². The normalized spacial score (nSPS) is 41.7. The maximum atomic E-state index is 14.6. The van der Waals surface area contributed by atoms with E-state index < -0.39 is 299 Å². The number of nitrogens with zero attached hydrogens (tertiary/aromatic N) is 6. The third-order valence-corrected chi connectivity index (χ3v) is 28.6. The van der Waals surface area contributed by atoms with Crippen molar-refractivity contribution >= 4 is 47.3 Å². The number of fused-ring (bicyclic) bond motifs is 10. The monoisotopic (exact) mass is 2010 g/mol. The van der Waals surface area contributed by atoms with Crippen LogP contribution in [-0.2, 0) is 118 Å². The van der Waals surface area contributed by atoms with Crippen molar-refractivity contribution in [2.75, 3.05) is 125 Å². The van der Waals surface area contributed by atoms with E-state index in [1.807, 2.05) is 37.5 Å². The molecule has 1 aromatic heterocycles. The smallest absolute Gasteiger partial charge is 0.253 e. The Kier molecular flexibility index (Phi) is 38.5. The van der Waals surface area contributed by atoms with Gasteiger partial charge in [-0.05, 0) is 20.8 Å². The van der Waals surface area contributed by atoms with Gasteiger partial charge in [-0.15, -0.1) is 0 Å². The molecule has 14 aliphatic rings. The van der Waals surface area contributed by atoms with Crippen molar-refractivity contribution in [2.24, 2.45) is 47.3 Å². The van der Waals surface area contributed by atoms with Crippen molar-refractivity contribution in [2.45, 2.75) is 282 Å². The van der Waals surface area contributed by atoms with Gasteiger partial charge in [-0.3, -0.25) is 67.8 Å². The van der Waals surface area contributed by atoms with Gasteiger partial charge in [0.05, 0.1) is 138 Å². The number of amides is 8.